The first kappa shape index (κ1) is 17.3. The number of para-hydroxylation sites is 1. The number of amides is 2. The van der Waals surface area contributed by atoms with Gasteiger partial charge in [-0.3, -0.25) is 14.9 Å². The Balaban J connectivity index is 1.61. The summed E-state index contributed by atoms with van der Waals surface area (Å²) < 4.78 is 0. The van der Waals surface area contributed by atoms with E-state index in [0.29, 0.717) is 16.4 Å². The molecule has 1 aromatic carbocycles. The first-order chi connectivity index (χ1) is 12.0. The minimum absolute atomic E-state index is 0.126. The van der Waals surface area contributed by atoms with E-state index in [-0.39, 0.29) is 18.2 Å². The lowest BCUT2D eigenvalue weighted by Gasteiger charge is -2.10. The number of carbonyl (C=O) groups excluding carboxylic acids is 2. The molecule has 2 aromatic heterocycles. The molecule has 0 fully saturated rings. The number of benzene rings is 1. The van der Waals surface area contributed by atoms with Gasteiger partial charge in [-0.15, -0.1) is 11.3 Å². The summed E-state index contributed by atoms with van der Waals surface area (Å²) in [5.41, 5.74) is 4.13. The maximum Gasteiger partial charge on any atom is 0.258 e. The first-order valence-electron chi connectivity index (χ1n) is 7.67. The zero-order valence-corrected chi connectivity index (χ0v) is 15.5. The number of nitrogens with zero attached hydrogens (tertiary/aromatic N) is 1. The van der Waals surface area contributed by atoms with Crippen LogP contribution in [0.3, 0.4) is 0 Å². The first-order valence-corrected chi connectivity index (χ1v) is 9.49. The average molecular weight is 371 g/mol. The van der Waals surface area contributed by atoms with Crippen molar-refractivity contribution in [1.82, 2.24) is 4.98 Å². The Hall–Kier alpha value is -2.51. The fourth-order valence-corrected chi connectivity index (χ4v) is 3.71. The van der Waals surface area contributed by atoms with E-state index >= 15 is 0 Å². The molecule has 3 aromatic rings. The summed E-state index contributed by atoms with van der Waals surface area (Å²) in [4.78, 5) is 28.6. The van der Waals surface area contributed by atoms with Crippen LogP contribution in [0.2, 0.25) is 0 Å². The van der Waals surface area contributed by atoms with Gasteiger partial charge in [0.2, 0.25) is 5.91 Å². The van der Waals surface area contributed by atoms with Gasteiger partial charge in [-0.1, -0.05) is 18.2 Å². The van der Waals surface area contributed by atoms with Crippen molar-refractivity contribution < 1.29 is 9.59 Å². The van der Waals surface area contributed by atoms with Crippen LogP contribution in [0.1, 0.15) is 27.2 Å². The van der Waals surface area contributed by atoms with Crippen molar-refractivity contribution in [2.45, 2.75) is 20.3 Å². The van der Waals surface area contributed by atoms with Crippen LogP contribution in [0.5, 0.6) is 0 Å². The van der Waals surface area contributed by atoms with E-state index in [4.69, 9.17) is 0 Å². The Morgan fingerprint density at radius 2 is 1.84 bits per heavy atom. The number of thiophene rings is 1. The van der Waals surface area contributed by atoms with Crippen molar-refractivity contribution in [3.05, 3.63) is 62.8 Å². The third kappa shape index (κ3) is 4.32. The van der Waals surface area contributed by atoms with Crippen LogP contribution in [-0.4, -0.2) is 16.8 Å². The smallest absolute Gasteiger partial charge is 0.258 e. The number of carbonyl (C=O) groups is 2. The Kier molecular flexibility index (Phi) is 5.25. The van der Waals surface area contributed by atoms with E-state index in [2.05, 4.69) is 15.6 Å². The Morgan fingerprint density at radius 3 is 2.52 bits per heavy atom. The second-order valence-corrected chi connectivity index (χ2v) is 7.24. The molecule has 0 spiro atoms. The fourth-order valence-electron chi connectivity index (χ4n) is 2.37. The van der Waals surface area contributed by atoms with Gasteiger partial charge in [-0.2, -0.15) is 11.3 Å². The predicted octanol–water partition coefficient (Wildman–Crippen LogP) is 4.25. The molecule has 0 unspecified atom stereocenters. The maximum atomic E-state index is 12.3. The SMILES string of the molecule is Cc1cccc(C)c1NC(=O)Cc1csc(NC(=O)c2ccsc2)n1. The normalized spacial score (nSPS) is 10.5. The number of hydrogen-bond donors (Lipinski definition) is 2. The van der Waals surface area contributed by atoms with Crippen LogP contribution in [0, 0.1) is 13.8 Å². The van der Waals surface area contributed by atoms with Gasteiger partial charge in [0, 0.05) is 16.4 Å². The number of thiazole rings is 1. The molecule has 0 radical (unpaired) electrons. The number of aryl methyl sites for hydroxylation is 2. The summed E-state index contributed by atoms with van der Waals surface area (Å²) in [6, 6.07) is 7.64. The van der Waals surface area contributed by atoms with E-state index in [0.717, 1.165) is 16.8 Å². The second-order valence-electron chi connectivity index (χ2n) is 5.60. The number of hydrogen-bond acceptors (Lipinski definition) is 5. The lowest BCUT2D eigenvalue weighted by atomic mass is 10.1. The fraction of sp³-hybridized carbons (Fsp3) is 0.167. The van der Waals surface area contributed by atoms with Gasteiger partial charge in [-0.25, -0.2) is 4.98 Å². The Bertz CT molecular complexity index is 881. The van der Waals surface area contributed by atoms with Crippen LogP contribution in [0.15, 0.2) is 40.4 Å². The number of anilines is 2. The number of rotatable bonds is 5. The van der Waals surface area contributed by atoms with Crippen molar-refractivity contribution in [1.29, 1.82) is 0 Å². The monoisotopic (exact) mass is 371 g/mol. The van der Waals surface area contributed by atoms with Crippen molar-refractivity contribution >= 4 is 45.3 Å². The molecule has 5 nitrogen and oxygen atoms in total. The molecule has 2 heterocycles. The topological polar surface area (TPSA) is 71.1 Å². The van der Waals surface area contributed by atoms with Gasteiger partial charge in [0.05, 0.1) is 17.7 Å². The standard InChI is InChI=1S/C18H17N3O2S2/c1-11-4-3-5-12(2)16(11)20-15(22)8-14-10-25-18(19-14)21-17(23)13-6-7-24-9-13/h3-7,9-10H,8H2,1-2H3,(H,20,22)(H,19,21,23). The van der Waals surface area contributed by atoms with Gasteiger partial charge >= 0.3 is 0 Å². The van der Waals surface area contributed by atoms with Crippen molar-refractivity contribution in [2.24, 2.45) is 0 Å². The highest BCUT2D eigenvalue weighted by Crippen LogP contribution is 2.21. The minimum Gasteiger partial charge on any atom is -0.325 e. The molecule has 2 N–H and O–H groups in total. The van der Waals surface area contributed by atoms with Gasteiger partial charge in [0.1, 0.15) is 0 Å². The average Bonchev–Trinajstić information content (AvgIpc) is 3.23. The molecule has 128 valence electrons. The highest BCUT2D eigenvalue weighted by Gasteiger charge is 2.13. The summed E-state index contributed by atoms with van der Waals surface area (Å²) in [6.45, 7) is 3.92. The van der Waals surface area contributed by atoms with Gasteiger partial charge in [0.15, 0.2) is 5.13 Å². The van der Waals surface area contributed by atoms with Gasteiger partial charge in [0.25, 0.3) is 5.91 Å². The largest absolute Gasteiger partial charge is 0.325 e. The molecule has 0 saturated heterocycles. The molecular weight excluding hydrogens is 354 g/mol. The molecule has 0 aliphatic carbocycles. The van der Waals surface area contributed by atoms with Crippen LogP contribution in [0.25, 0.3) is 0 Å². The summed E-state index contributed by atoms with van der Waals surface area (Å²) >= 11 is 2.77. The zero-order valence-electron chi connectivity index (χ0n) is 13.8. The molecule has 0 atom stereocenters. The molecule has 2 amide bonds. The van der Waals surface area contributed by atoms with Crippen LogP contribution < -0.4 is 10.6 Å². The van der Waals surface area contributed by atoms with E-state index in [1.807, 2.05) is 37.4 Å². The summed E-state index contributed by atoms with van der Waals surface area (Å²) in [7, 11) is 0. The lowest BCUT2D eigenvalue weighted by molar-refractivity contribution is -0.115. The third-order valence-electron chi connectivity index (χ3n) is 3.64. The summed E-state index contributed by atoms with van der Waals surface area (Å²) in [6.07, 6.45) is 0.165. The Labute approximate surface area is 153 Å². The van der Waals surface area contributed by atoms with Crippen LogP contribution >= 0.6 is 22.7 Å². The van der Waals surface area contributed by atoms with Gasteiger partial charge < -0.3 is 5.32 Å². The maximum absolute atomic E-state index is 12.3. The number of aromatic nitrogens is 1. The zero-order chi connectivity index (χ0) is 17.8. The molecular formula is C18H17N3O2S2. The van der Waals surface area contributed by atoms with Crippen molar-refractivity contribution in [3.63, 3.8) is 0 Å². The molecule has 25 heavy (non-hydrogen) atoms. The molecule has 7 heteroatoms. The highest BCUT2D eigenvalue weighted by molar-refractivity contribution is 7.14. The molecule has 0 aliphatic heterocycles. The summed E-state index contributed by atoms with van der Waals surface area (Å²) in [5.74, 6) is -0.319. The van der Waals surface area contributed by atoms with Crippen LogP contribution in [-0.2, 0) is 11.2 Å². The Morgan fingerprint density at radius 1 is 1.08 bits per heavy atom. The quantitative estimate of drug-likeness (QED) is 0.704. The van der Waals surface area contributed by atoms with Crippen molar-refractivity contribution in [3.8, 4) is 0 Å². The van der Waals surface area contributed by atoms with Gasteiger partial charge in [-0.05, 0) is 36.4 Å². The second kappa shape index (κ2) is 7.58. The predicted molar refractivity (Wildman–Crippen MR) is 103 cm³/mol. The van der Waals surface area contributed by atoms with E-state index < -0.39 is 0 Å². The lowest BCUT2D eigenvalue weighted by Crippen LogP contribution is -2.16. The van der Waals surface area contributed by atoms with E-state index in [9.17, 15) is 9.59 Å². The molecule has 0 bridgehead atoms. The molecule has 0 saturated carbocycles. The number of nitrogens with one attached hydrogen (secondary N) is 2. The van der Waals surface area contributed by atoms with E-state index in [1.54, 1.807) is 16.8 Å². The minimum atomic E-state index is -0.192. The van der Waals surface area contributed by atoms with E-state index in [1.165, 1.54) is 22.7 Å². The van der Waals surface area contributed by atoms with Crippen LogP contribution in [0.4, 0.5) is 10.8 Å². The molecule has 3 rings (SSSR count). The van der Waals surface area contributed by atoms with Crippen molar-refractivity contribution in [2.75, 3.05) is 10.6 Å². The summed E-state index contributed by atoms with van der Waals surface area (Å²) in [5, 5.41) is 11.6. The third-order valence-corrected chi connectivity index (χ3v) is 5.13. The molecule has 0 aliphatic rings. The highest BCUT2D eigenvalue weighted by atomic mass is 32.1.